The Kier molecular flexibility index (Phi) is 10.7. The van der Waals surface area contributed by atoms with Crippen molar-refractivity contribution in [3.63, 3.8) is 0 Å². The van der Waals surface area contributed by atoms with Crippen LogP contribution in [0.2, 0.25) is 0 Å². The molecule has 0 radical (unpaired) electrons. The molecule has 2 aromatic rings. The lowest BCUT2D eigenvalue weighted by Crippen LogP contribution is -2.36. The van der Waals surface area contributed by atoms with Crippen molar-refractivity contribution in [1.29, 1.82) is 0 Å². The third-order valence-corrected chi connectivity index (χ3v) is 3.71. The fourth-order valence-electron chi connectivity index (χ4n) is 2.52. The van der Waals surface area contributed by atoms with Gasteiger partial charge in [-0.2, -0.15) is 0 Å². The number of rotatable bonds is 8. The first-order chi connectivity index (χ1) is 12.3. The van der Waals surface area contributed by atoms with E-state index in [0.717, 1.165) is 34.9 Å². The Morgan fingerprint density at radius 1 is 1.00 bits per heavy atom. The van der Waals surface area contributed by atoms with Gasteiger partial charge in [0, 0.05) is 25.8 Å². The molecule has 0 heterocycles. The van der Waals surface area contributed by atoms with Crippen molar-refractivity contribution in [3.8, 4) is 5.75 Å². The minimum atomic E-state index is 0. The summed E-state index contributed by atoms with van der Waals surface area (Å²) in [5.41, 5.74) is 3.41. The van der Waals surface area contributed by atoms with Crippen LogP contribution < -0.4 is 15.4 Å². The molecule has 6 heteroatoms. The highest BCUT2D eigenvalue weighted by atomic mass is 127. The van der Waals surface area contributed by atoms with E-state index in [4.69, 9.17) is 9.47 Å². The molecule has 0 bridgehead atoms. The molecule has 2 N–H and O–H groups in total. The van der Waals surface area contributed by atoms with Gasteiger partial charge in [-0.15, -0.1) is 24.0 Å². The van der Waals surface area contributed by atoms with E-state index in [1.165, 1.54) is 0 Å². The van der Waals surface area contributed by atoms with Crippen LogP contribution in [0, 0.1) is 0 Å². The molecular formula is C20H28IN3O2. The molecule has 0 unspecified atom stereocenters. The fourth-order valence-corrected chi connectivity index (χ4v) is 2.52. The highest BCUT2D eigenvalue weighted by Gasteiger charge is 2.03. The molecule has 142 valence electrons. The molecule has 2 rings (SSSR count). The van der Waals surface area contributed by atoms with Gasteiger partial charge in [-0.3, -0.25) is 0 Å². The van der Waals surface area contributed by atoms with E-state index in [-0.39, 0.29) is 24.0 Å². The monoisotopic (exact) mass is 469 g/mol. The molecule has 0 aliphatic heterocycles. The smallest absolute Gasteiger partial charge is 0.191 e. The normalized spacial score (nSPS) is 10.8. The zero-order valence-corrected chi connectivity index (χ0v) is 17.9. The second-order valence-electron chi connectivity index (χ2n) is 5.61. The Balaban J connectivity index is 0.00000338. The predicted molar refractivity (Wildman–Crippen MR) is 117 cm³/mol. The minimum absolute atomic E-state index is 0. The lowest BCUT2D eigenvalue weighted by atomic mass is 10.1. The van der Waals surface area contributed by atoms with Gasteiger partial charge in [-0.05, 0) is 24.1 Å². The van der Waals surface area contributed by atoms with E-state index < -0.39 is 0 Å². The first kappa shape index (κ1) is 22.2. The van der Waals surface area contributed by atoms with Crippen molar-refractivity contribution in [1.82, 2.24) is 10.6 Å². The molecule has 0 saturated heterocycles. The van der Waals surface area contributed by atoms with Gasteiger partial charge in [0.05, 0.1) is 20.3 Å². The fraction of sp³-hybridized carbons (Fsp3) is 0.350. The molecule has 0 fully saturated rings. The molecule has 0 spiro atoms. The highest BCUT2D eigenvalue weighted by molar-refractivity contribution is 14.0. The molecule has 5 nitrogen and oxygen atoms in total. The second-order valence-corrected chi connectivity index (χ2v) is 5.61. The van der Waals surface area contributed by atoms with E-state index in [0.29, 0.717) is 19.7 Å². The van der Waals surface area contributed by atoms with Gasteiger partial charge in [-0.25, -0.2) is 4.99 Å². The van der Waals surface area contributed by atoms with Crippen molar-refractivity contribution >= 4 is 29.9 Å². The summed E-state index contributed by atoms with van der Waals surface area (Å²) in [5, 5.41) is 6.63. The van der Waals surface area contributed by atoms with E-state index in [1.807, 2.05) is 30.3 Å². The van der Waals surface area contributed by atoms with Crippen LogP contribution in [0.15, 0.2) is 53.5 Å². The summed E-state index contributed by atoms with van der Waals surface area (Å²) in [6.07, 6.45) is 0. The summed E-state index contributed by atoms with van der Waals surface area (Å²) in [7, 11) is 3.39. The SMILES string of the molecule is CCNC(=NCc1cccc(COC)c1)NCc1ccccc1OC.I. The Morgan fingerprint density at radius 3 is 2.50 bits per heavy atom. The standard InChI is InChI=1S/C20H27N3O2.HI/c1-4-21-20(23-14-18-10-5-6-11-19(18)25-3)22-13-16-8-7-9-17(12-16)15-24-2;/h5-12H,4,13-15H2,1-3H3,(H2,21,22,23);1H. The van der Waals surface area contributed by atoms with Gasteiger partial charge in [0.2, 0.25) is 0 Å². The van der Waals surface area contributed by atoms with Crippen LogP contribution in [0.3, 0.4) is 0 Å². The lowest BCUT2D eigenvalue weighted by Gasteiger charge is -2.13. The summed E-state index contributed by atoms with van der Waals surface area (Å²) >= 11 is 0. The average molecular weight is 469 g/mol. The Labute approximate surface area is 173 Å². The van der Waals surface area contributed by atoms with Crippen LogP contribution in [0.4, 0.5) is 0 Å². The number of guanidine groups is 1. The van der Waals surface area contributed by atoms with Crippen LogP contribution in [0.1, 0.15) is 23.6 Å². The summed E-state index contributed by atoms with van der Waals surface area (Å²) in [4.78, 5) is 4.67. The largest absolute Gasteiger partial charge is 0.496 e. The van der Waals surface area contributed by atoms with Crippen LogP contribution >= 0.6 is 24.0 Å². The number of hydrogen-bond acceptors (Lipinski definition) is 3. The summed E-state index contributed by atoms with van der Waals surface area (Å²) in [6, 6.07) is 16.3. The molecule has 0 atom stereocenters. The third kappa shape index (κ3) is 7.21. The zero-order valence-electron chi connectivity index (χ0n) is 15.6. The third-order valence-electron chi connectivity index (χ3n) is 3.71. The van der Waals surface area contributed by atoms with E-state index in [2.05, 4.69) is 40.7 Å². The van der Waals surface area contributed by atoms with Crippen molar-refractivity contribution in [2.24, 2.45) is 4.99 Å². The number of methoxy groups -OCH3 is 2. The van der Waals surface area contributed by atoms with Crippen molar-refractivity contribution < 1.29 is 9.47 Å². The summed E-state index contributed by atoms with van der Waals surface area (Å²) < 4.78 is 10.6. The first-order valence-electron chi connectivity index (χ1n) is 8.47. The molecular weight excluding hydrogens is 441 g/mol. The first-order valence-corrected chi connectivity index (χ1v) is 8.47. The van der Waals surface area contributed by atoms with Gasteiger partial charge in [0.1, 0.15) is 5.75 Å². The van der Waals surface area contributed by atoms with Crippen LogP contribution in [0.25, 0.3) is 0 Å². The minimum Gasteiger partial charge on any atom is -0.496 e. The molecule has 2 aromatic carbocycles. The van der Waals surface area contributed by atoms with Gasteiger partial charge in [0.15, 0.2) is 5.96 Å². The maximum absolute atomic E-state index is 5.39. The average Bonchev–Trinajstić information content (AvgIpc) is 2.65. The van der Waals surface area contributed by atoms with Crippen LogP contribution in [0.5, 0.6) is 5.75 Å². The molecule has 0 amide bonds. The molecule has 0 aliphatic rings. The summed E-state index contributed by atoms with van der Waals surface area (Å²) in [5.74, 6) is 1.66. The van der Waals surface area contributed by atoms with Gasteiger partial charge >= 0.3 is 0 Å². The lowest BCUT2D eigenvalue weighted by molar-refractivity contribution is 0.185. The topological polar surface area (TPSA) is 54.9 Å². The van der Waals surface area contributed by atoms with Crippen LogP contribution in [-0.2, 0) is 24.4 Å². The molecule has 0 aromatic heterocycles. The number of hydrogen-bond donors (Lipinski definition) is 2. The van der Waals surface area contributed by atoms with E-state index >= 15 is 0 Å². The number of benzene rings is 2. The quantitative estimate of drug-likeness (QED) is 0.352. The Bertz CT molecular complexity index is 692. The van der Waals surface area contributed by atoms with Crippen molar-refractivity contribution in [2.45, 2.75) is 26.6 Å². The number of nitrogens with one attached hydrogen (secondary N) is 2. The highest BCUT2D eigenvalue weighted by Crippen LogP contribution is 2.16. The maximum atomic E-state index is 5.39. The number of halogens is 1. The molecule has 0 saturated carbocycles. The number of ether oxygens (including phenoxy) is 2. The maximum Gasteiger partial charge on any atom is 0.191 e. The van der Waals surface area contributed by atoms with E-state index in [9.17, 15) is 0 Å². The zero-order chi connectivity index (χ0) is 17.9. The van der Waals surface area contributed by atoms with Crippen LogP contribution in [-0.4, -0.2) is 26.7 Å². The Morgan fingerprint density at radius 2 is 1.77 bits per heavy atom. The number of nitrogens with zero attached hydrogens (tertiary/aromatic N) is 1. The molecule has 0 aliphatic carbocycles. The van der Waals surface area contributed by atoms with Crippen molar-refractivity contribution in [3.05, 3.63) is 65.2 Å². The summed E-state index contributed by atoms with van der Waals surface area (Å²) in [6.45, 7) is 4.74. The van der Waals surface area contributed by atoms with Gasteiger partial charge in [-0.1, -0.05) is 42.5 Å². The van der Waals surface area contributed by atoms with Gasteiger partial charge in [0.25, 0.3) is 0 Å². The van der Waals surface area contributed by atoms with Crippen molar-refractivity contribution in [2.75, 3.05) is 20.8 Å². The predicted octanol–water partition coefficient (Wildman–Crippen LogP) is 3.71. The Hall–Kier alpha value is -1.80. The van der Waals surface area contributed by atoms with E-state index in [1.54, 1.807) is 14.2 Å². The number of para-hydroxylation sites is 1. The molecule has 26 heavy (non-hydrogen) atoms. The number of aliphatic imine (C=N–C) groups is 1. The second kappa shape index (κ2) is 12.5. The van der Waals surface area contributed by atoms with Gasteiger partial charge < -0.3 is 20.1 Å².